The third-order valence-corrected chi connectivity index (χ3v) is 6.31. The van der Waals surface area contributed by atoms with Gasteiger partial charge in [0.05, 0.1) is 6.42 Å². The van der Waals surface area contributed by atoms with Crippen LogP contribution in [0, 0.1) is 5.92 Å². The lowest BCUT2D eigenvalue weighted by molar-refractivity contribution is -0.197. The molecule has 2 atom stereocenters. The smallest absolute Gasteiger partial charge is 0.294 e. The van der Waals surface area contributed by atoms with Gasteiger partial charge in [0.2, 0.25) is 5.91 Å². The molecule has 0 spiro atoms. The van der Waals surface area contributed by atoms with Gasteiger partial charge in [-0.1, -0.05) is 58.8 Å². The van der Waals surface area contributed by atoms with Gasteiger partial charge in [0.1, 0.15) is 0 Å². The molecule has 0 aromatic rings. The quantitative estimate of drug-likeness (QED) is 0.187. The van der Waals surface area contributed by atoms with Crippen LogP contribution in [-0.2, 0) is 23.9 Å². The van der Waals surface area contributed by atoms with Gasteiger partial charge in [0.25, 0.3) is 5.91 Å². The fourth-order valence-corrected chi connectivity index (χ4v) is 4.33. The third kappa shape index (κ3) is 6.37. The van der Waals surface area contributed by atoms with Crippen molar-refractivity contribution in [2.45, 2.75) is 95.3 Å². The first-order chi connectivity index (χ1) is 13.4. The average molecular weight is 447 g/mol. The minimum atomic E-state index is -6.16. The fraction of sp³-hybridized carbons (Fsp3) is 0.889. The molecule has 170 valence electrons. The van der Waals surface area contributed by atoms with Gasteiger partial charge in [-0.25, -0.2) is 0 Å². The van der Waals surface area contributed by atoms with E-state index in [9.17, 15) is 35.6 Å². The summed E-state index contributed by atoms with van der Waals surface area (Å²) in [6.07, 6.45) is 1.34. The van der Waals surface area contributed by atoms with Crippen LogP contribution in [0.15, 0.2) is 0 Å². The molecule has 1 aliphatic rings. The highest BCUT2D eigenvalue weighted by molar-refractivity contribution is 7.87. The van der Waals surface area contributed by atoms with Crippen LogP contribution in [0.1, 0.15) is 78.1 Å². The van der Waals surface area contributed by atoms with Crippen molar-refractivity contribution in [3.63, 3.8) is 0 Å². The zero-order valence-corrected chi connectivity index (χ0v) is 17.5. The van der Waals surface area contributed by atoms with Crippen LogP contribution in [0.25, 0.3) is 0 Å². The highest BCUT2D eigenvalue weighted by Gasteiger charge is 2.69. The molecule has 1 saturated heterocycles. The van der Waals surface area contributed by atoms with Crippen molar-refractivity contribution in [2.24, 2.45) is 5.92 Å². The molecule has 1 rings (SSSR count). The van der Waals surface area contributed by atoms with E-state index in [2.05, 4.69) is 4.18 Å². The summed E-state index contributed by atoms with van der Waals surface area (Å²) in [5.41, 5.74) is 0. The maximum atomic E-state index is 14.6. The summed E-state index contributed by atoms with van der Waals surface area (Å²) in [6.45, 7) is 3.56. The molecule has 0 aromatic heterocycles. The first kappa shape index (κ1) is 25.8. The summed E-state index contributed by atoms with van der Waals surface area (Å²) < 4.78 is 86.0. The van der Waals surface area contributed by atoms with Gasteiger partial charge in [-0.3, -0.25) is 19.1 Å². The summed E-state index contributed by atoms with van der Waals surface area (Å²) in [5.74, 6) is -8.93. The number of nitrogens with one attached hydrogen (secondary N) is 1. The topological polar surface area (TPSA) is 89.5 Å². The Kier molecular flexibility index (Phi) is 9.52. The lowest BCUT2D eigenvalue weighted by atomic mass is 9.90. The number of hydrogen-bond donors (Lipinski definition) is 1. The second-order valence-corrected chi connectivity index (χ2v) is 8.95. The van der Waals surface area contributed by atoms with Crippen LogP contribution in [0.4, 0.5) is 17.6 Å². The Balaban J connectivity index is 2.88. The van der Waals surface area contributed by atoms with Crippen LogP contribution in [0.5, 0.6) is 0 Å². The molecule has 0 aliphatic carbocycles. The molecule has 1 aliphatic heterocycles. The van der Waals surface area contributed by atoms with Crippen molar-refractivity contribution in [2.75, 3.05) is 0 Å². The lowest BCUT2D eigenvalue weighted by Crippen LogP contribution is -2.53. The Morgan fingerprint density at radius 3 is 2.10 bits per heavy atom. The van der Waals surface area contributed by atoms with Crippen LogP contribution < -0.4 is 5.32 Å². The van der Waals surface area contributed by atoms with Crippen molar-refractivity contribution in [3.05, 3.63) is 0 Å². The Hall–Kier alpha value is -1.23. The Morgan fingerprint density at radius 2 is 1.59 bits per heavy atom. The summed E-state index contributed by atoms with van der Waals surface area (Å²) in [6, 6.07) is 0. The van der Waals surface area contributed by atoms with E-state index in [1.165, 1.54) is 0 Å². The highest BCUT2D eigenvalue weighted by Crippen LogP contribution is 2.48. The summed E-state index contributed by atoms with van der Waals surface area (Å²) in [5, 5.41) is -3.86. The maximum Gasteiger partial charge on any atom is 0.431 e. The highest BCUT2D eigenvalue weighted by atomic mass is 32.2. The molecule has 0 radical (unpaired) electrons. The molecule has 1 N–H and O–H groups in total. The molecule has 1 fully saturated rings. The van der Waals surface area contributed by atoms with E-state index >= 15 is 0 Å². The van der Waals surface area contributed by atoms with Crippen LogP contribution >= 0.6 is 0 Å². The van der Waals surface area contributed by atoms with E-state index in [0.717, 1.165) is 25.7 Å². The first-order valence-corrected chi connectivity index (χ1v) is 11.3. The number of halogens is 4. The summed E-state index contributed by atoms with van der Waals surface area (Å²) >= 11 is 0. The van der Waals surface area contributed by atoms with Crippen molar-refractivity contribution >= 4 is 21.9 Å². The average Bonchev–Trinajstić information content (AvgIpc) is 2.93. The van der Waals surface area contributed by atoms with Gasteiger partial charge in [-0.15, -0.1) is 0 Å². The van der Waals surface area contributed by atoms with Gasteiger partial charge in [0, 0.05) is 5.92 Å². The second-order valence-electron chi connectivity index (χ2n) is 7.34. The van der Waals surface area contributed by atoms with E-state index in [-0.39, 0.29) is 25.7 Å². The third-order valence-electron chi connectivity index (χ3n) is 4.93. The van der Waals surface area contributed by atoms with E-state index in [1.54, 1.807) is 12.2 Å². The van der Waals surface area contributed by atoms with Crippen molar-refractivity contribution in [3.8, 4) is 0 Å². The molecule has 11 heteroatoms. The van der Waals surface area contributed by atoms with E-state index in [0.29, 0.717) is 6.42 Å². The number of rotatable bonds is 14. The zero-order chi connectivity index (χ0) is 22.3. The number of imide groups is 1. The predicted octanol–water partition coefficient (Wildman–Crippen LogP) is 4.14. The lowest BCUT2D eigenvalue weighted by Gasteiger charge is -2.32. The maximum absolute atomic E-state index is 14.6. The normalized spacial score (nSPS) is 19.4. The van der Waals surface area contributed by atoms with Gasteiger partial charge in [0.15, 0.2) is 6.10 Å². The Bertz CT molecular complexity index is 669. The summed E-state index contributed by atoms with van der Waals surface area (Å²) in [4.78, 5) is 22.4. The second kappa shape index (κ2) is 10.7. The van der Waals surface area contributed by atoms with Crippen molar-refractivity contribution in [1.82, 2.24) is 5.32 Å². The number of hydrogen-bond acceptors (Lipinski definition) is 5. The van der Waals surface area contributed by atoms with Crippen LogP contribution in [-0.4, -0.2) is 37.5 Å². The Labute approximate surface area is 168 Å². The molecular weight excluding hydrogens is 418 g/mol. The van der Waals surface area contributed by atoms with Crippen molar-refractivity contribution < 1.29 is 39.8 Å². The zero-order valence-electron chi connectivity index (χ0n) is 16.7. The fourth-order valence-electron chi connectivity index (χ4n) is 3.25. The summed E-state index contributed by atoms with van der Waals surface area (Å²) in [7, 11) is -6.16. The van der Waals surface area contributed by atoms with Gasteiger partial charge in [-0.2, -0.15) is 26.0 Å². The minimum Gasteiger partial charge on any atom is -0.294 e. The Morgan fingerprint density at radius 1 is 1.00 bits per heavy atom. The monoisotopic (exact) mass is 447 g/mol. The SMILES string of the molecule is CCCCCCCCC(CCC)C(F)(F)C(F)(F)S(=O)(=O)OC1CC(=O)NC1=O. The van der Waals surface area contributed by atoms with E-state index in [4.69, 9.17) is 0 Å². The van der Waals surface area contributed by atoms with Crippen molar-refractivity contribution in [1.29, 1.82) is 0 Å². The largest absolute Gasteiger partial charge is 0.431 e. The molecule has 2 unspecified atom stereocenters. The van der Waals surface area contributed by atoms with Gasteiger partial charge in [-0.05, 0) is 12.8 Å². The van der Waals surface area contributed by atoms with Gasteiger partial charge >= 0.3 is 21.3 Å². The minimum absolute atomic E-state index is 0.173. The predicted molar refractivity (Wildman–Crippen MR) is 97.8 cm³/mol. The number of carbonyl (C=O) groups excluding carboxylic acids is 2. The van der Waals surface area contributed by atoms with Crippen LogP contribution in [0.2, 0.25) is 0 Å². The molecule has 6 nitrogen and oxygen atoms in total. The number of unbranched alkanes of at least 4 members (excludes halogenated alkanes) is 5. The number of carbonyl (C=O) groups is 2. The molecule has 1 heterocycles. The number of amides is 2. The standard InChI is InChI=1S/C18H29F4NO5S/c1-3-5-6-7-8-9-11-13(10-4-2)17(19,20)18(21,22)29(26,27)28-14-12-15(24)23-16(14)25/h13-14H,3-12H2,1-2H3,(H,23,24,25). The molecule has 29 heavy (non-hydrogen) atoms. The molecule has 0 aromatic carbocycles. The number of alkyl halides is 4. The van der Waals surface area contributed by atoms with E-state index < -0.39 is 51.6 Å². The molecule has 0 bridgehead atoms. The molecule has 0 saturated carbocycles. The van der Waals surface area contributed by atoms with E-state index in [1.807, 2.05) is 6.92 Å². The van der Waals surface area contributed by atoms with Crippen LogP contribution in [0.3, 0.4) is 0 Å². The first-order valence-electron chi connectivity index (χ1n) is 9.92. The molecular formula is C18H29F4NO5S. The molecule has 2 amide bonds. The van der Waals surface area contributed by atoms with Gasteiger partial charge < -0.3 is 0 Å².